The third-order valence-corrected chi connectivity index (χ3v) is 12.4. The molecule has 1 aromatic heterocycles. The lowest BCUT2D eigenvalue weighted by Gasteiger charge is -2.39. The van der Waals surface area contributed by atoms with Crippen molar-refractivity contribution in [3.05, 3.63) is 204 Å². The maximum Gasteiger partial charge on any atom is 0.207 e. The fourth-order valence-electron chi connectivity index (χ4n) is 8.35. The summed E-state index contributed by atoms with van der Waals surface area (Å²) in [6.07, 6.45) is 0. The maximum absolute atomic E-state index is 14.2. The second-order valence-corrected chi connectivity index (χ2v) is 15.2. The van der Waals surface area contributed by atoms with E-state index in [9.17, 15) is 8.42 Å². The number of hydrogen-bond donors (Lipinski definition) is 0. The van der Waals surface area contributed by atoms with Gasteiger partial charge in [0.15, 0.2) is 5.82 Å². The molecule has 0 saturated heterocycles. The lowest BCUT2D eigenvalue weighted by atomic mass is 9.67. The molecule has 246 valence electrons. The lowest BCUT2D eigenvalue weighted by molar-refractivity contribution is 0.580. The van der Waals surface area contributed by atoms with E-state index in [-0.39, 0.29) is 0 Å². The van der Waals surface area contributed by atoms with E-state index in [1.807, 2.05) is 72.8 Å². The van der Waals surface area contributed by atoms with Crippen molar-refractivity contribution in [2.45, 2.75) is 15.2 Å². The van der Waals surface area contributed by atoms with E-state index in [0.717, 1.165) is 72.6 Å². The Labute approximate surface area is 302 Å². The molecular weight excluding hydrogens is 657 g/mol. The molecule has 2 aliphatic rings. The van der Waals surface area contributed by atoms with Crippen LogP contribution in [0.3, 0.4) is 0 Å². The average molecular weight is 687 g/mol. The van der Waals surface area contributed by atoms with Crippen LogP contribution in [0.1, 0.15) is 22.3 Å². The summed E-state index contributed by atoms with van der Waals surface area (Å²) in [6.45, 7) is 0. The van der Waals surface area contributed by atoms with Crippen LogP contribution in [0.25, 0.3) is 56.2 Å². The zero-order valence-corrected chi connectivity index (χ0v) is 28.8. The quantitative estimate of drug-likeness (QED) is 0.185. The molecule has 10 rings (SSSR count). The van der Waals surface area contributed by atoms with Crippen molar-refractivity contribution in [1.29, 1.82) is 0 Å². The monoisotopic (exact) mass is 686 g/mol. The first-order chi connectivity index (χ1) is 25.5. The molecule has 4 nitrogen and oxygen atoms in total. The molecule has 0 amide bonds. The Morgan fingerprint density at radius 1 is 0.385 bits per heavy atom. The predicted molar refractivity (Wildman–Crippen MR) is 207 cm³/mol. The molecule has 8 aromatic rings. The predicted octanol–water partition coefficient (Wildman–Crippen LogP) is 10.7. The molecular formula is C47H30N2O2S. The van der Waals surface area contributed by atoms with Crippen molar-refractivity contribution >= 4 is 9.84 Å². The third-order valence-electron chi connectivity index (χ3n) is 10.5. The molecule has 0 N–H and O–H groups in total. The summed E-state index contributed by atoms with van der Waals surface area (Å²) in [6, 6.07) is 60.8. The van der Waals surface area contributed by atoms with Gasteiger partial charge in [0.2, 0.25) is 9.84 Å². The number of fused-ring (bicyclic) bond motifs is 9. The Hall–Kier alpha value is -6.43. The molecule has 1 aliphatic carbocycles. The van der Waals surface area contributed by atoms with Gasteiger partial charge in [0, 0.05) is 16.7 Å². The van der Waals surface area contributed by atoms with Gasteiger partial charge in [-0.05, 0) is 68.8 Å². The Morgan fingerprint density at radius 2 is 0.885 bits per heavy atom. The molecule has 2 heterocycles. The van der Waals surface area contributed by atoms with Gasteiger partial charge in [0.25, 0.3) is 0 Å². The highest BCUT2D eigenvalue weighted by Crippen LogP contribution is 2.62. The van der Waals surface area contributed by atoms with Crippen molar-refractivity contribution in [2.24, 2.45) is 0 Å². The minimum atomic E-state index is -3.75. The molecule has 1 spiro atoms. The minimum Gasteiger partial charge on any atom is -0.228 e. The third kappa shape index (κ3) is 4.36. The maximum atomic E-state index is 14.2. The molecule has 0 fully saturated rings. The summed E-state index contributed by atoms with van der Waals surface area (Å²) < 4.78 is 28.4. The zero-order chi connectivity index (χ0) is 34.9. The summed E-state index contributed by atoms with van der Waals surface area (Å²) in [5.74, 6) is 0.635. The van der Waals surface area contributed by atoms with Crippen LogP contribution < -0.4 is 0 Å². The molecule has 0 atom stereocenters. The summed E-state index contributed by atoms with van der Waals surface area (Å²) in [5.41, 5.74) is 11.6. The van der Waals surface area contributed by atoms with E-state index < -0.39 is 15.3 Å². The van der Waals surface area contributed by atoms with Crippen molar-refractivity contribution in [3.8, 4) is 56.2 Å². The van der Waals surface area contributed by atoms with Crippen LogP contribution in [0.15, 0.2) is 192 Å². The van der Waals surface area contributed by atoms with Crippen LogP contribution in [-0.4, -0.2) is 18.4 Å². The number of aromatic nitrogens is 2. The number of nitrogens with zero attached hydrogens (tertiary/aromatic N) is 2. The summed E-state index contributed by atoms with van der Waals surface area (Å²) >= 11 is 0. The normalized spacial score (nSPS) is 14.2. The number of hydrogen-bond acceptors (Lipinski definition) is 4. The number of rotatable bonds is 4. The van der Waals surface area contributed by atoms with Gasteiger partial charge in [-0.25, -0.2) is 18.4 Å². The van der Waals surface area contributed by atoms with Crippen LogP contribution in [0.4, 0.5) is 0 Å². The Balaban J connectivity index is 1.26. The minimum absolute atomic E-state index is 0.343. The zero-order valence-electron chi connectivity index (χ0n) is 27.9. The molecule has 0 saturated carbocycles. The smallest absolute Gasteiger partial charge is 0.207 e. The molecule has 0 radical (unpaired) electrons. The van der Waals surface area contributed by atoms with E-state index in [1.54, 1.807) is 12.1 Å². The van der Waals surface area contributed by atoms with E-state index >= 15 is 0 Å². The van der Waals surface area contributed by atoms with Crippen molar-refractivity contribution in [2.75, 3.05) is 0 Å². The summed E-state index contributed by atoms with van der Waals surface area (Å²) in [5, 5.41) is 0. The van der Waals surface area contributed by atoms with Gasteiger partial charge in [0.1, 0.15) is 0 Å². The van der Waals surface area contributed by atoms with Crippen LogP contribution >= 0.6 is 0 Å². The highest BCUT2D eigenvalue weighted by molar-refractivity contribution is 7.91. The van der Waals surface area contributed by atoms with Crippen LogP contribution in [-0.2, 0) is 15.3 Å². The SMILES string of the molecule is O=S1(=O)c2ccccc2C2(c3ccccc3-c3c(-c4cc(-c5cccc(-c6ccccc6)c5)nc(-c5ccccc5)n4)cccc32)c2ccccc21. The highest BCUT2D eigenvalue weighted by atomic mass is 32.2. The van der Waals surface area contributed by atoms with Crippen molar-refractivity contribution in [1.82, 2.24) is 9.97 Å². The van der Waals surface area contributed by atoms with E-state index in [2.05, 4.69) is 97.1 Å². The molecule has 0 bridgehead atoms. The molecule has 1 aliphatic heterocycles. The summed E-state index contributed by atoms with van der Waals surface area (Å²) in [7, 11) is -3.75. The fraction of sp³-hybridized carbons (Fsp3) is 0.0213. The Morgan fingerprint density at radius 3 is 1.60 bits per heavy atom. The summed E-state index contributed by atoms with van der Waals surface area (Å²) in [4.78, 5) is 11.1. The standard InChI is InChI=1S/C47H30N2O2S/c50-52(51)43-27-11-9-24-38(43)47(39-25-10-12-28-44(39)52)37-23-8-7-21-35(37)45-36(22-14-26-40(45)47)42-30-41(48-46(49-42)32-17-5-2-6-18-32)34-20-13-19-33(29-34)31-15-3-1-4-16-31/h1-30H. The topological polar surface area (TPSA) is 59.9 Å². The van der Waals surface area contributed by atoms with Gasteiger partial charge in [-0.1, -0.05) is 158 Å². The van der Waals surface area contributed by atoms with Gasteiger partial charge < -0.3 is 0 Å². The first kappa shape index (κ1) is 30.4. The molecule has 5 heteroatoms. The van der Waals surface area contributed by atoms with Crippen LogP contribution in [0, 0.1) is 0 Å². The van der Waals surface area contributed by atoms with E-state index in [0.29, 0.717) is 15.6 Å². The van der Waals surface area contributed by atoms with Crippen molar-refractivity contribution < 1.29 is 8.42 Å². The largest absolute Gasteiger partial charge is 0.228 e. The fourth-order valence-corrected chi connectivity index (χ4v) is 10.1. The van der Waals surface area contributed by atoms with E-state index in [4.69, 9.17) is 9.97 Å². The first-order valence-corrected chi connectivity index (χ1v) is 18.8. The van der Waals surface area contributed by atoms with Crippen LogP contribution in [0.2, 0.25) is 0 Å². The Bertz CT molecular complexity index is 2760. The average Bonchev–Trinajstić information content (AvgIpc) is 3.52. The van der Waals surface area contributed by atoms with Gasteiger partial charge in [-0.15, -0.1) is 0 Å². The molecule has 52 heavy (non-hydrogen) atoms. The second kappa shape index (κ2) is 11.6. The Kier molecular flexibility index (Phi) is 6.76. The van der Waals surface area contributed by atoms with Gasteiger partial charge in [-0.3, -0.25) is 0 Å². The van der Waals surface area contributed by atoms with Gasteiger partial charge in [0.05, 0.1) is 26.6 Å². The first-order valence-electron chi connectivity index (χ1n) is 17.3. The molecule has 7 aromatic carbocycles. The van der Waals surface area contributed by atoms with Gasteiger partial charge in [-0.2, -0.15) is 0 Å². The van der Waals surface area contributed by atoms with Gasteiger partial charge >= 0.3 is 0 Å². The molecule has 0 unspecified atom stereocenters. The second-order valence-electron chi connectivity index (χ2n) is 13.3. The number of sulfone groups is 1. The van der Waals surface area contributed by atoms with Crippen molar-refractivity contribution in [3.63, 3.8) is 0 Å². The number of benzene rings is 7. The highest BCUT2D eigenvalue weighted by Gasteiger charge is 2.53. The lowest BCUT2D eigenvalue weighted by Crippen LogP contribution is -2.35. The van der Waals surface area contributed by atoms with Crippen LogP contribution in [0.5, 0.6) is 0 Å². The van der Waals surface area contributed by atoms with E-state index in [1.165, 1.54) is 0 Å².